The number of hydrogen-bond acceptors (Lipinski definition) is 3. The van der Waals surface area contributed by atoms with Crippen molar-refractivity contribution in [2.24, 2.45) is 0 Å². The van der Waals surface area contributed by atoms with Gasteiger partial charge in [0.15, 0.2) is 0 Å². The van der Waals surface area contributed by atoms with Crippen LogP contribution in [-0.2, 0) is 6.54 Å². The number of likely N-dealkylation sites (N-methyl/N-ethyl adjacent to an activating group) is 1. The minimum atomic E-state index is 0.767. The van der Waals surface area contributed by atoms with Crippen molar-refractivity contribution in [2.75, 3.05) is 37.0 Å². The first-order chi connectivity index (χ1) is 10.2. The number of halogens is 1. The maximum atomic E-state index is 6.41. The molecule has 4 heteroatoms. The van der Waals surface area contributed by atoms with Crippen LogP contribution in [0.2, 0.25) is 5.02 Å². The molecule has 3 rings (SSSR count). The van der Waals surface area contributed by atoms with Crippen LogP contribution in [0.1, 0.15) is 5.56 Å². The lowest BCUT2D eigenvalue weighted by Crippen LogP contribution is -2.37. The van der Waals surface area contributed by atoms with E-state index in [1.54, 1.807) is 0 Å². The summed E-state index contributed by atoms with van der Waals surface area (Å²) in [7, 11) is 4.09. The van der Waals surface area contributed by atoms with Crippen LogP contribution in [0.4, 0.5) is 17.1 Å². The van der Waals surface area contributed by atoms with Gasteiger partial charge in [-0.1, -0.05) is 29.8 Å². The van der Waals surface area contributed by atoms with Gasteiger partial charge in [-0.25, -0.2) is 0 Å². The summed E-state index contributed by atoms with van der Waals surface area (Å²) in [5.74, 6) is 0. The SMILES string of the molecule is CNCc1c(Cl)cccc1N1CCN(C)c2ccccc21. The lowest BCUT2D eigenvalue weighted by molar-refractivity contribution is 0.792. The highest BCUT2D eigenvalue weighted by atomic mass is 35.5. The summed E-state index contributed by atoms with van der Waals surface area (Å²) in [5.41, 5.74) is 4.85. The second kappa shape index (κ2) is 5.96. The van der Waals surface area contributed by atoms with Crippen molar-refractivity contribution in [1.82, 2.24) is 5.32 Å². The predicted octanol–water partition coefficient (Wildman–Crippen LogP) is 3.65. The monoisotopic (exact) mass is 301 g/mol. The van der Waals surface area contributed by atoms with E-state index in [0.717, 1.165) is 30.2 Å². The standard InChI is InChI=1S/C17H20ClN3/c1-19-12-13-14(18)6-5-9-15(13)21-11-10-20(2)16-7-3-4-8-17(16)21/h3-9,19H,10-12H2,1-2H3. The van der Waals surface area contributed by atoms with Crippen LogP contribution in [0.3, 0.4) is 0 Å². The second-order valence-corrected chi connectivity index (χ2v) is 5.74. The molecule has 0 aromatic heterocycles. The van der Waals surface area contributed by atoms with E-state index in [4.69, 9.17) is 11.6 Å². The maximum Gasteiger partial charge on any atom is 0.0649 e. The van der Waals surface area contributed by atoms with Crippen LogP contribution < -0.4 is 15.1 Å². The molecule has 0 saturated heterocycles. The van der Waals surface area contributed by atoms with E-state index < -0.39 is 0 Å². The summed E-state index contributed by atoms with van der Waals surface area (Å²) >= 11 is 6.41. The Hall–Kier alpha value is -1.71. The third-order valence-electron chi connectivity index (χ3n) is 3.98. The molecule has 0 fully saturated rings. The fourth-order valence-electron chi connectivity index (χ4n) is 2.91. The first kappa shape index (κ1) is 14.2. The first-order valence-electron chi connectivity index (χ1n) is 7.22. The lowest BCUT2D eigenvalue weighted by Gasteiger charge is -2.38. The minimum Gasteiger partial charge on any atom is -0.371 e. The summed E-state index contributed by atoms with van der Waals surface area (Å²) in [5, 5.41) is 4.03. The normalized spacial score (nSPS) is 14.2. The van der Waals surface area contributed by atoms with Crippen LogP contribution in [0, 0.1) is 0 Å². The molecule has 0 aliphatic carbocycles. The molecule has 21 heavy (non-hydrogen) atoms. The number of benzene rings is 2. The molecule has 3 nitrogen and oxygen atoms in total. The van der Waals surface area contributed by atoms with Gasteiger partial charge in [-0.2, -0.15) is 0 Å². The topological polar surface area (TPSA) is 18.5 Å². The Morgan fingerprint density at radius 2 is 1.71 bits per heavy atom. The van der Waals surface area contributed by atoms with Crippen molar-refractivity contribution in [3.05, 3.63) is 53.1 Å². The minimum absolute atomic E-state index is 0.767. The van der Waals surface area contributed by atoms with Crippen molar-refractivity contribution in [3.63, 3.8) is 0 Å². The van der Waals surface area contributed by atoms with Gasteiger partial charge in [-0.05, 0) is 31.3 Å². The highest BCUT2D eigenvalue weighted by Gasteiger charge is 2.23. The number of anilines is 3. The Kier molecular flexibility index (Phi) is 4.04. The number of hydrogen-bond donors (Lipinski definition) is 1. The lowest BCUT2D eigenvalue weighted by atomic mass is 10.1. The van der Waals surface area contributed by atoms with Crippen LogP contribution >= 0.6 is 11.6 Å². The average Bonchev–Trinajstić information content (AvgIpc) is 2.51. The van der Waals surface area contributed by atoms with Gasteiger partial charge in [-0.3, -0.25) is 0 Å². The summed E-state index contributed by atoms with van der Waals surface area (Å²) in [4.78, 5) is 4.67. The third kappa shape index (κ3) is 2.59. The Labute approximate surface area is 131 Å². The van der Waals surface area contributed by atoms with Gasteiger partial charge in [0.25, 0.3) is 0 Å². The van der Waals surface area contributed by atoms with E-state index in [0.29, 0.717) is 0 Å². The van der Waals surface area contributed by atoms with Crippen molar-refractivity contribution in [1.29, 1.82) is 0 Å². The van der Waals surface area contributed by atoms with Gasteiger partial charge in [0.05, 0.1) is 11.4 Å². The third-order valence-corrected chi connectivity index (χ3v) is 4.34. The molecule has 1 aliphatic rings. The second-order valence-electron chi connectivity index (χ2n) is 5.33. The van der Waals surface area contributed by atoms with Gasteiger partial charge < -0.3 is 15.1 Å². The summed E-state index contributed by atoms with van der Waals surface area (Å²) in [6.45, 7) is 2.73. The molecule has 0 atom stereocenters. The predicted molar refractivity (Wildman–Crippen MR) is 90.9 cm³/mol. The summed E-state index contributed by atoms with van der Waals surface area (Å²) in [6.07, 6.45) is 0. The molecule has 0 spiro atoms. The quantitative estimate of drug-likeness (QED) is 0.933. The molecule has 2 aromatic carbocycles. The molecular formula is C17H20ClN3. The zero-order valence-corrected chi connectivity index (χ0v) is 13.2. The van der Waals surface area contributed by atoms with Crippen molar-refractivity contribution < 1.29 is 0 Å². The molecule has 0 amide bonds. The molecular weight excluding hydrogens is 282 g/mol. The van der Waals surface area contributed by atoms with Crippen LogP contribution in [0.25, 0.3) is 0 Å². The Morgan fingerprint density at radius 3 is 2.48 bits per heavy atom. The Balaban J connectivity index is 2.10. The summed E-state index contributed by atoms with van der Waals surface area (Å²) in [6, 6.07) is 14.7. The fourth-order valence-corrected chi connectivity index (χ4v) is 3.14. The van der Waals surface area contributed by atoms with Gasteiger partial charge in [0, 0.05) is 43.0 Å². The average molecular weight is 302 g/mol. The molecule has 110 valence electrons. The number of nitrogens with one attached hydrogen (secondary N) is 1. The maximum absolute atomic E-state index is 6.41. The number of fused-ring (bicyclic) bond motifs is 1. The van der Waals surface area contributed by atoms with E-state index in [1.165, 1.54) is 17.1 Å². The van der Waals surface area contributed by atoms with Crippen molar-refractivity contribution in [3.8, 4) is 0 Å². The van der Waals surface area contributed by atoms with Crippen LogP contribution in [0.15, 0.2) is 42.5 Å². The molecule has 0 unspecified atom stereocenters. The van der Waals surface area contributed by atoms with Crippen LogP contribution in [0.5, 0.6) is 0 Å². The molecule has 0 radical (unpaired) electrons. The van der Waals surface area contributed by atoms with Crippen molar-refractivity contribution in [2.45, 2.75) is 6.54 Å². The van der Waals surface area contributed by atoms with E-state index in [-0.39, 0.29) is 0 Å². The van der Waals surface area contributed by atoms with Gasteiger partial charge in [0.2, 0.25) is 0 Å². The Bertz CT molecular complexity index is 642. The number of rotatable bonds is 3. The smallest absolute Gasteiger partial charge is 0.0649 e. The van der Waals surface area contributed by atoms with Gasteiger partial charge >= 0.3 is 0 Å². The van der Waals surface area contributed by atoms with E-state index in [1.807, 2.05) is 19.2 Å². The zero-order valence-electron chi connectivity index (χ0n) is 12.4. The molecule has 1 aliphatic heterocycles. The largest absolute Gasteiger partial charge is 0.371 e. The molecule has 1 heterocycles. The van der Waals surface area contributed by atoms with E-state index in [9.17, 15) is 0 Å². The number of para-hydroxylation sites is 2. The van der Waals surface area contributed by atoms with Crippen LogP contribution in [-0.4, -0.2) is 27.2 Å². The van der Waals surface area contributed by atoms with E-state index in [2.05, 4.69) is 52.5 Å². The molecule has 0 saturated carbocycles. The highest BCUT2D eigenvalue weighted by molar-refractivity contribution is 6.31. The van der Waals surface area contributed by atoms with Gasteiger partial charge in [0.1, 0.15) is 0 Å². The first-order valence-corrected chi connectivity index (χ1v) is 7.60. The van der Waals surface area contributed by atoms with Crippen molar-refractivity contribution >= 4 is 28.7 Å². The van der Waals surface area contributed by atoms with E-state index >= 15 is 0 Å². The molecule has 2 aromatic rings. The molecule has 0 bridgehead atoms. The highest BCUT2D eigenvalue weighted by Crippen LogP contribution is 2.39. The van der Waals surface area contributed by atoms with Gasteiger partial charge in [-0.15, -0.1) is 0 Å². The Morgan fingerprint density at radius 1 is 1.00 bits per heavy atom. The summed E-state index contributed by atoms with van der Waals surface area (Å²) < 4.78 is 0. The molecule has 1 N–H and O–H groups in total. The fraction of sp³-hybridized carbons (Fsp3) is 0.294. The zero-order chi connectivity index (χ0) is 14.8. The number of nitrogens with zero attached hydrogens (tertiary/aromatic N) is 2.